The molecule has 0 radical (unpaired) electrons. The molecule has 20 heavy (non-hydrogen) atoms. The lowest BCUT2D eigenvalue weighted by atomic mass is 9.76. The summed E-state index contributed by atoms with van der Waals surface area (Å²) in [6.45, 7) is 13.5. The smallest absolute Gasteiger partial charge is 0.185 e. The Bertz CT molecular complexity index is 451. The Morgan fingerprint density at radius 2 is 2.15 bits per heavy atom. The van der Waals surface area contributed by atoms with Crippen LogP contribution in [0.15, 0.2) is 0 Å². The zero-order valence-electron chi connectivity index (χ0n) is 13.8. The second kappa shape index (κ2) is 6.02. The Labute approximate surface area is 127 Å². The molecule has 2 rings (SSSR count). The predicted molar refractivity (Wildman–Crippen MR) is 88.7 cm³/mol. The molecule has 1 aromatic heterocycles. The van der Waals surface area contributed by atoms with Gasteiger partial charge in [-0.05, 0) is 30.7 Å². The van der Waals surface area contributed by atoms with Crippen LogP contribution in [0.4, 0.5) is 5.13 Å². The Balaban J connectivity index is 2.26. The molecule has 1 unspecified atom stereocenters. The number of hydrogen-bond acceptors (Lipinski definition) is 4. The molecular weight excluding hydrogens is 266 g/mol. The number of hydrogen-bond donors (Lipinski definition) is 1. The predicted octanol–water partition coefficient (Wildman–Crippen LogP) is 3.86. The van der Waals surface area contributed by atoms with Crippen LogP contribution < -0.4 is 10.2 Å². The second-order valence-corrected chi connectivity index (χ2v) is 8.25. The molecule has 1 aliphatic carbocycles. The van der Waals surface area contributed by atoms with Gasteiger partial charge in [0, 0.05) is 24.5 Å². The topological polar surface area (TPSA) is 28.2 Å². The van der Waals surface area contributed by atoms with E-state index in [1.807, 2.05) is 11.3 Å². The van der Waals surface area contributed by atoms with Crippen LogP contribution in [0, 0.1) is 11.3 Å². The van der Waals surface area contributed by atoms with E-state index < -0.39 is 0 Å². The minimum absolute atomic E-state index is 0.349. The molecule has 1 aliphatic rings. The van der Waals surface area contributed by atoms with Crippen molar-refractivity contribution in [2.75, 3.05) is 25.0 Å². The van der Waals surface area contributed by atoms with Crippen molar-refractivity contribution in [1.82, 2.24) is 10.3 Å². The summed E-state index contributed by atoms with van der Waals surface area (Å²) in [7, 11) is 2.16. The Kier molecular flexibility index (Phi) is 4.75. The quantitative estimate of drug-likeness (QED) is 0.894. The van der Waals surface area contributed by atoms with Crippen molar-refractivity contribution < 1.29 is 0 Å². The van der Waals surface area contributed by atoms with E-state index in [1.165, 1.54) is 22.1 Å². The molecular formula is C16H29N3S. The molecule has 1 atom stereocenters. The minimum Gasteiger partial charge on any atom is -0.351 e. The maximum absolute atomic E-state index is 4.94. The third-order valence-corrected chi connectivity index (χ3v) is 5.18. The van der Waals surface area contributed by atoms with Crippen molar-refractivity contribution in [3.63, 3.8) is 0 Å². The number of nitrogens with zero attached hydrogens (tertiary/aromatic N) is 2. The van der Waals surface area contributed by atoms with Crippen molar-refractivity contribution in [1.29, 1.82) is 0 Å². The fraction of sp³-hybridized carbons (Fsp3) is 0.812. The highest BCUT2D eigenvalue weighted by atomic mass is 32.1. The third kappa shape index (κ3) is 3.53. The summed E-state index contributed by atoms with van der Waals surface area (Å²) in [5.74, 6) is 0.668. The normalized spacial score (nSPS) is 21.1. The molecule has 3 nitrogen and oxygen atoms in total. The van der Waals surface area contributed by atoms with Gasteiger partial charge >= 0.3 is 0 Å². The lowest BCUT2D eigenvalue weighted by Crippen LogP contribution is -2.32. The summed E-state index contributed by atoms with van der Waals surface area (Å²) >= 11 is 1.89. The molecule has 1 aromatic rings. The second-order valence-electron chi connectivity index (χ2n) is 7.24. The average molecular weight is 295 g/mol. The van der Waals surface area contributed by atoms with Gasteiger partial charge in [-0.15, -0.1) is 0 Å². The first-order valence-electron chi connectivity index (χ1n) is 7.76. The van der Waals surface area contributed by atoms with E-state index in [9.17, 15) is 0 Å². The van der Waals surface area contributed by atoms with Gasteiger partial charge in [0.05, 0.1) is 5.69 Å². The van der Waals surface area contributed by atoms with Gasteiger partial charge in [-0.1, -0.05) is 46.0 Å². The van der Waals surface area contributed by atoms with Crippen LogP contribution in [0.25, 0.3) is 0 Å². The summed E-state index contributed by atoms with van der Waals surface area (Å²) in [6, 6.07) is 0.484. The van der Waals surface area contributed by atoms with Crippen LogP contribution in [-0.4, -0.2) is 25.1 Å². The fourth-order valence-corrected chi connectivity index (χ4v) is 4.25. The number of fused-ring (bicyclic) bond motifs is 1. The number of rotatable bonds is 5. The Hall–Kier alpha value is -0.610. The Morgan fingerprint density at radius 3 is 2.75 bits per heavy atom. The van der Waals surface area contributed by atoms with E-state index in [2.05, 4.69) is 51.9 Å². The zero-order chi connectivity index (χ0) is 14.9. The van der Waals surface area contributed by atoms with Crippen LogP contribution >= 0.6 is 11.3 Å². The standard InChI is InChI=1S/C16H29N3S/c1-7-17-12-8-16(4,5)9-13-14(12)20-15(18-13)19(6)10-11(2)3/h11-12,17H,7-10H2,1-6H3. The van der Waals surface area contributed by atoms with Gasteiger partial charge in [0.15, 0.2) is 5.13 Å². The van der Waals surface area contributed by atoms with Crippen LogP contribution in [0.1, 0.15) is 57.7 Å². The van der Waals surface area contributed by atoms with Gasteiger partial charge in [-0.2, -0.15) is 0 Å². The molecule has 4 heteroatoms. The number of aromatic nitrogens is 1. The molecule has 0 aliphatic heterocycles. The minimum atomic E-state index is 0.349. The number of thiazole rings is 1. The van der Waals surface area contributed by atoms with Gasteiger partial charge < -0.3 is 10.2 Å². The molecule has 0 saturated heterocycles. The highest BCUT2D eigenvalue weighted by Gasteiger charge is 2.35. The van der Waals surface area contributed by atoms with Crippen molar-refractivity contribution in [2.45, 2.75) is 53.5 Å². The van der Waals surface area contributed by atoms with Crippen LogP contribution in [0.5, 0.6) is 0 Å². The molecule has 1 heterocycles. The number of anilines is 1. The van der Waals surface area contributed by atoms with Crippen molar-refractivity contribution >= 4 is 16.5 Å². The monoisotopic (exact) mass is 295 g/mol. The first-order valence-corrected chi connectivity index (χ1v) is 8.58. The summed E-state index contributed by atoms with van der Waals surface area (Å²) in [5.41, 5.74) is 1.67. The maximum atomic E-state index is 4.94. The van der Waals surface area contributed by atoms with Gasteiger partial charge in [0.25, 0.3) is 0 Å². The van der Waals surface area contributed by atoms with E-state index in [1.54, 1.807) is 0 Å². The van der Waals surface area contributed by atoms with Crippen molar-refractivity contribution in [3.05, 3.63) is 10.6 Å². The van der Waals surface area contributed by atoms with Crippen LogP contribution in [0.3, 0.4) is 0 Å². The molecule has 0 bridgehead atoms. The van der Waals surface area contributed by atoms with Gasteiger partial charge in [0.1, 0.15) is 0 Å². The summed E-state index contributed by atoms with van der Waals surface area (Å²) in [6.07, 6.45) is 2.32. The van der Waals surface area contributed by atoms with Crippen molar-refractivity contribution in [2.24, 2.45) is 11.3 Å². The number of nitrogens with one attached hydrogen (secondary N) is 1. The molecule has 114 valence electrons. The molecule has 0 fully saturated rings. The van der Waals surface area contributed by atoms with Crippen LogP contribution in [-0.2, 0) is 6.42 Å². The summed E-state index contributed by atoms with van der Waals surface area (Å²) < 4.78 is 0. The largest absolute Gasteiger partial charge is 0.351 e. The third-order valence-electron chi connectivity index (χ3n) is 3.85. The Morgan fingerprint density at radius 1 is 1.45 bits per heavy atom. The maximum Gasteiger partial charge on any atom is 0.185 e. The van der Waals surface area contributed by atoms with E-state index in [4.69, 9.17) is 4.98 Å². The van der Waals surface area contributed by atoms with E-state index >= 15 is 0 Å². The highest BCUT2D eigenvalue weighted by molar-refractivity contribution is 7.15. The summed E-state index contributed by atoms with van der Waals surface area (Å²) in [5, 5.41) is 4.83. The van der Waals surface area contributed by atoms with Gasteiger partial charge in [0.2, 0.25) is 0 Å². The zero-order valence-corrected chi connectivity index (χ0v) is 14.6. The highest BCUT2D eigenvalue weighted by Crippen LogP contribution is 2.44. The van der Waals surface area contributed by atoms with Crippen molar-refractivity contribution in [3.8, 4) is 0 Å². The van der Waals surface area contributed by atoms with Gasteiger partial charge in [-0.25, -0.2) is 4.98 Å². The average Bonchev–Trinajstić information content (AvgIpc) is 2.70. The molecule has 0 saturated carbocycles. The SMILES string of the molecule is CCNC1CC(C)(C)Cc2nc(N(C)CC(C)C)sc21. The van der Waals surface area contributed by atoms with E-state index in [-0.39, 0.29) is 0 Å². The first kappa shape index (κ1) is 15.8. The lowest BCUT2D eigenvalue weighted by molar-refractivity contribution is 0.260. The van der Waals surface area contributed by atoms with Gasteiger partial charge in [-0.3, -0.25) is 0 Å². The summed E-state index contributed by atoms with van der Waals surface area (Å²) in [4.78, 5) is 8.71. The fourth-order valence-electron chi connectivity index (χ4n) is 3.12. The van der Waals surface area contributed by atoms with Crippen LogP contribution in [0.2, 0.25) is 0 Å². The lowest BCUT2D eigenvalue weighted by Gasteiger charge is -2.34. The molecule has 0 aromatic carbocycles. The molecule has 0 spiro atoms. The van der Waals surface area contributed by atoms with E-state index in [0.29, 0.717) is 17.4 Å². The van der Waals surface area contributed by atoms with E-state index in [0.717, 1.165) is 19.5 Å². The molecule has 1 N–H and O–H groups in total. The molecule has 0 amide bonds. The first-order chi connectivity index (χ1) is 9.32.